The standard InChI is InChI=1S/C15H18N6/c1-10-11(9-18-21(10)3)8-17-14-12-6-4-5-7-13(12)19-15(16-2)20-14/h4-7,9H,8H2,1-3H3,(H2,16,17,19,20). The van der Waals surface area contributed by atoms with Gasteiger partial charge in [-0.2, -0.15) is 10.1 Å². The van der Waals surface area contributed by atoms with Gasteiger partial charge in [-0.05, 0) is 19.1 Å². The molecule has 0 aliphatic heterocycles. The number of aromatic nitrogens is 4. The summed E-state index contributed by atoms with van der Waals surface area (Å²) in [5.41, 5.74) is 3.23. The van der Waals surface area contributed by atoms with E-state index >= 15 is 0 Å². The lowest BCUT2D eigenvalue weighted by molar-refractivity contribution is 0.738. The second-order valence-electron chi connectivity index (χ2n) is 4.90. The molecular formula is C15H18N6. The lowest BCUT2D eigenvalue weighted by atomic mass is 10.2. The van der Waals surface area contributed by atoms with E-state index < -0.39 is 0 Å². The Hall–Kier alpha value is -2.63. The molecule has 0 spiro atoms. The molecule has 108 valence electrons. The number of nitrogens with zero attached hydrogens (tertiary/aromatic N) is 4. The van der Waals surface area contributed by atoms with Gasteiger partial charge in [-0.1, -0.05) is 12.1 Å². The van der Waals surface area contributed by atoms with Gasteiger partial charge >= 0.3 is 0 Å². The first-order chi connectivity index (χ1) is 10.2. The van der Waals surface area contributed by atoms with E-state index in [-0.39, 0.29) is 0 Å². The van der Waals surface area contributed by atoms with Crippen LogP contribution in [0.25, 0.3) is 10.9 Å². The Labute approximate surface area is 123 Å². The summed E-state index contributed by atoms with van der Waals surface area (Å²) in [7, 11) is 3.76. The first-order valence-corrected chi connectivity index (χ1v) is 6.85. The third-order valence-corrected chi connectivity index (χ3v) is 3.61. The highest BCUT2D eigenvalue weighted by atomic mass is 15.3. The van der Waals surface area contributed by atoms with Crippen molar-refractivity contribution < 1.29 is 0 Å². The molecule has 21 heavy (non-hydrogen) atoms. The monoisotopic (exact) mass is 282 g/mol. The van der Waals surface area contributed by atoms with Crippen molar-refractivity contribution in [3.63, 3.8) is 0 Å². The molecule has 1 aromatic carbocycles. The van der Waals surface area contributed by atoms with E-state index in [2.05, 4.69) is 32.6 Å². The molecule has 0 bridgehead atoms. The molecule has 0 fully saturated rings. The molecule has 3 aromatic rings. The molecule has 6 heteroatoms. The topological polar surface area (TPSA) is 67.7 Å². The molecular weight excluding hydrogens is 264 g/mol. The summed E-state index contributed by atoms with van der Waals surface area (Å²) >= 11 is 0. The van der Waals surface area contributed by atoms with Gasteiger partial charge in [0.25, 0.3) is 0 Å². The van der Waals surface area contributed by atoms with Gasteiger partial charge in [-0.15, -0.1) is 0 Å². The fourth-order valence-corrected chi connectivity index (χ4v) is 2.22. The number of benzene rings is 1. The van der Waals surface area contributed by atoms with Crippen LogP contribution in [0.3, 0.4) is 0 Å². The van der Waals surface area contributed by atoms with Gasteiger partial charge in [-0.25, -0.2) is 4.98 Å². The summed E-state index contributed by atoms with van der Waals surface area (Å²) in [6.45, 7) is 2.74. The minimum absolute atomic E-state index is 0.610. The number of nitrogens with one attached hydrogen (secondary N) is 2. The highest BCUT2D eigenvalue weighted by Gasteiger charge is 2.08. The highest BCUT2D eigenvalue weighted by Crippen LogP contribution is 2.22. The zero-order chi connectivity index (χ0) is 14.8. The van der Waals surface area contributed by atoms with Crippen molar-refractivity contribution in [2.45, 2.75) is 13.5 Å². The molecule has 0 saturated carbocycles. The van der Waals surface area contributed by atoms with Crippen LogP contribution in [0.15, 0.2) is 30.5 Å². The smallest absolute Gasteiger partial charge is 0.224 e. The lowest BCUT2D eigenvalue weighted by Gasteiger charge is -2.10. The second kappa shape index (κ2) is 5.40. The molecule has 2 heterocycles. The van der Waals surface area contributed by atoms with Crippen LogP contribution in [-0.4, -0.2) is 26.8 Å². The maximum Gasteiger partial charge on any atom is 0.224 e. The average molecular weight is 282 g/mol. The van der Waals surface area contributed by atoms with Crippen molar-refractivity contribution in [1.82, 2.24) is 19.7 Å². The molecule has 0 amide bonds. The fraction of sp³-hybridized carbons (Fsp3) is 0.267. The van der Waals surface area contributed by atoms with Crippen LogP contribution in [0, 0.1) is 6.92 Å². The quantitative estimate of drug-likeness (QED) is 0.768. The predicted octanol–water partition coefficient (Wildman–Crippen LogP) is 2.33. The molecule has 0 aliphatic carbocycles. The summed E-state index contributed by atoms with van der Waals surface area (Å²) in [5.74, 6) is 1.44. The maximum atomic E-state index is 4.51. The molecule has 0 radical (unpaired) electrons. The Balaban J connectivity index is 1.94. The third kappa shape index (κ3) is 2.52. The van der Waals surface area contributed by atoms with Gasteiger partial charge in [-0.3, -0.25) is 4.68 Å². The Kier molecular flexibility index (Phi) is 3.43. The summed E-state index contributed by atoms with van der Waals surface area (Å²) in [4.78, 5) is 8.96. The molecule has 0 aliphatic rings. The van der Waals surface area contributed by atoms with Crippen LogP contribution in [0.4, 0.5) is 11.8 Å². The Morgan fingerprint density at radius 1 is 1.19 bits per heavy atom. The summed E-state index contributed by atoms with van der Waals surface area (Å²) in [6.07, 6.45) is 1.88. The largest absolute Gasteiger partial charge is 0.365 e. The van der Waals surface area contributed by atoms with E-state index in [1.165, 1.54) is 0 Å². The number of hydrogen-bond acceptors (Lipinski definition) is 5. The zero-order valence-corrected chi connectivity index (χ0v) is 12.4. The van der Waals surface area contributed by atoms with Crippen molar-refractivity contribution in [2.24, 2.45) is 7.05 Å². The van der Waals surface area contributed by atoms with Crippen LogP contribution < -0.4 is 10.6 Å². The Bertz CT molecular complexity index is 777. The van der Waals surface area contributed by atoms with Gasteiger partial charge in [0.15, 0.2) is 0 Å². The van der Waals surface area contributed by atoms with E-state index in [0.717, 1.165) is 28.0 Å². The molecule has 3 rings (SSSR count). The van der Waals surface area contributed by atoms with E-state index in [1.807, 2.05) is 49.2 Å². The predicted molar refractivity (Wildman–Crippen MR) is 84.4 cm³/mol. The first-order valence-electron chi connectivity index (χ1n) is 6.85. The minimum atomic E-state index is 0.610. The number of rotatable bonds is 4. The van der Waals surface area contributed by atoms with Crippen LogP contribution >= 0.6 is 0 Å². The van der Waals surface area contributed by atoms with Gasteiger partial charge in [0.05, 0.1) is 11.7 Å². The Morgan fingerprint density at radius 3 is 2.71 bits per heavy atom. The number of aryl methyl sites for hydroxylation is 1. The normalized spacial score (nSPS) is 10.8. The van der Waals surface area contributed by atoms with Crippen LogP contribution in [-0.2, 0) is 13.6 Å². The summed E-state index contributed by atoms with van der Waals surface area (Å²) in [6, 6.07) is 7.97. The first kappa shape index (κ1) is 13.4. The molecule has 0 saturated heterocycles. The van der Waals surface area contributed by atoms with Gasteiger partial charge in [0, 0.05) is 37.3 Å². The van der Waals surface area contributed by atoms with Crippen molar-refractivity contribution in [2.75, 3.05) is 17.7 Å². The zero-order valence-electron chi connectivity index (χ0n) is 12.4. The fourth-order valence-electron chi connectivity index (χ4n) is 2.22. The van der Waals surface area contributed by atoms with Crippen molar-refractivity contribution >= 4 is 22.7 Å². The molecule has 0 unspecified atom stereocenters. The van der Waals surface area contributed by atoms with Crippen molar-refractivity contribution in [3.05, 3.63) is 41.7 Å². The molecule has 2 N–H and O–H groups in total. The maximum absolute atomic E-state index is 4.51. The van der Waals surface area contributed by atoms with Gasteiger partial charge < -0.3 is 10.6 Å². The van der Waals surface area contributed by atoms with Gasteiger partial charge in [0.2, 0.25) is 5.95 Å². The van der Waals surface area contributed by atoms with Crippen molar-refractivity contribution in [3.8, 4) is 0 Å². The van der Waals surface area contributed by atoms with E-state index in [1.54, 1.807) is 0 Å². The average Bonchev–Trinajstić information content (AvgIpc) is 2.84. The number of fused-ring (bicyclic) bond motifs is 1. The molecule has 0 atom stereocenters. The van der Waals surface area contributed by atoms with Gasteiger partial charge in [0.1, 0.15) is 5.82 Å². The Morgan fingerprint density at radius 2 is 2.00 bits per heavy atom. The summed E-state index contributed by atoms with van der Waals surface area (Å²) < 4.78 is 1.87. The minimum Gasteiger partial charge on any atom is -0.365 e. The molecule has 6 nitrogen and oxygen atoms in total. The molecule has 2 aromatic heterocycles. The van der Waals surface area contributed by atoms with E-state index in [4.69, 9.17) is 0 Å². The van der Waals surface area contributed by atoms with E-state index in [9.17, 15) is 0 Å². The van der Waals surface area contributed by atoms with Crippen LogP contribution in [0.2, 0.25) is 0 Å². The van der Waals surface area contributed by atoms with Crippen LogP contribution in [0.5, 0.6) is 0 Å². The SMILES string of the molecule is CNc1nc(NCc2cnn(C)c2C)c2ccccc2n1. The third-order valence-electron chi connectivity index (χ3n) is 3.61. The summed E-state index contributed by atoms with van der Waals surface area (Å²) in [5, 5.41) is 11.7. The number of para-hydroxylation sites is 1. The second-order valence-corrected chi connectivity index (χ2v) is 4.90. The number of anilines is 2. The van der Waals surface area contributed by atoms with Crippen molar-refractivity contribution in [1.29, 1.82) is 0 Å². The highest BCUT2D eigenvalue weighted by molar-refractivity contribution is 5.89. The number of hydrogen-bond donors (Lipinski definition) is 2. The lowest BCUT2D eigenvalue weighted by Crippen LogP contribution is -2.06. The van der Waals surface area contributed by atoms with Crippen LogP contribution in [0.1, 0.15) is 11.3 Å². The van der Waals surface area contributed by atoms with E-state index in [0.29, 0.717) is 12.5 Å².